The Bertz CT molecular complexity index is 471. The fraction of sp³-hybridized carbons (Fsp3) is 0.400. The van der Waals surface area contributed by atoms with Gasteiger partial charge in [0.15, 0.2) is 6.10 Å². The number of rotatable bonds is 4. The van der Waals surface area contributed by atoms with Crippen LogP contribution in [0.4, 0.5) is 10.1 Å². The highest BCUT2D eigenvalue weighted by molar-refractivity contribution is 6.39. The standard InChI is InChI=1S/C10H11Cl2FN2O3/c1-3-17-10(16)4(2)18-9-6(12)7(14)5(11)8(13)15-9/h4H,3H2,1-2H3,(H2,14,15)/t4-/m1/s1. The average molecular weight is 297 g/mol. The summed E-state index contributed by atoms with van der Waals surface area (Å²) in [4.78, 5) is 14.7. The van der Waals surface area contributed by atoms with Gasteiger partial charge in [0.25, 0.3) is 0 Å². The molecule has 0 aliphatic rings. The van der Waals surface area contributed by atoms with E-state index in [-0.39, 0.29) is 23.2 Å². The van der Waals surface area contributed by atoms with Crippen molar-refractivity contribution in [2.75, 3.05) is 12.3 Å². The van der Waals surface area contributed by atoms with Crippen LogP contribution in [0.25, 0.3) is 0 Å². The van der Waals surface area contributed by atoms with Gasteiger partial charge in [0.1, 0.15) is 10.0 Å². The molecular formula is C10H11Cl2FN2O3. The molecule has 8 heteroatoms. The lowest BCUT2D eigenvalue weighted by Gasteiger charge is -2.14. The van der Waals surface area contributed by atoms with E-state index in [9.17, 15) is 9.18 Å². The summed E-state index contributed by atoms with van der Waals surface area (Å²) >= 11 is 11.3. The molecule has 0 saturated heterocycles. The molecule has 1 aromatic rings. The summed E-state index contributed by atoms with van der Waals surface area (Å²) < 4.78 is 23.0. The van der Waals surface area contributed by atoms with Gasteiger partial charge >= 0.3 is 5.97 Å². The summed E-state index contributed by atoms with van der Waals surface area (Å²) in [7, 11) is 0. The predicted octanol–water partition coefficient (Wildman–Crippen LogP) is 2.44. The lowest BCUT2D eigenvalue weighted by Crippen LogP contribution is -2.26. The fourth-order valence-corrected chi connectivity index (χ4v) is 1.43. The van der Waals surface area contributed by atoms with E-state index < -0.39 is 23.0 Å². The molecule has 0 amide bonds. The second-order valence-electron chi connectivity index (χ2n) is 3.26. The smallest absolute Gasteiger partial charge is 0.347 e. The SMILES string of the molecule is CCOC(=O)[C@@H](C)Oc1nc(F)c(Cl)c(N)c1Cl. The Labute approximate surface area is 113 Å². The highest BCUT2D eigenvalue weighted by Crippen LogP contribution is 2.35. The van der Waals surface area contributed by atoms with E-state index in [4.69, 9.17) is 38.4 Å². The Morgan fingerprint density at radius 2 is 2.11 bits per heavy atom. The van der Waals surface area contributed by atoms with E-state index in [0.717, 1.165) is 0 Å². The zero-order valence-electron chi connectivity index (χ0n) is 9.67. The van der Waals surface area contributed by atoms with Crippen molar-refractivity contribution in [2.45, 2.75) is 20.0 Å². The van der Waals surface area contributed by atoms with Gasteiger partial charge < -0.3 is 15.2 Å². The van der Waals surface area contributed by atoms with Crippen LogP contribution in [-0.4, -0.2) is 23.7 Å². The number of nitrogen functional groups attached to an aromatic ring is 1. The van der Waals surface area contributed by atoms with Gasteiger partial charge in [-0.05, 0) is 13.8 Å². The summed E-state index contributed by atoms with van der Waals surface area (Å²) in [6, 6.07) is 0. The van der Waals surface area contributed by atoms with Crippen LogP contribution in [0.5, 0.6) is 5.88 Å². The van der Waals surface area contributed by atoms with Gasteiger partial charge in [-0.1, -0.05) is 23.2 Å². The first-order valence-corrected chi connectivity index (χ1v) is 5.77. The van der Waals surface area contributed by atoms with E-state index in [1.807, 2.05) is 0 Å². The molecule has 0 aromatic carbocycles. The maximum Gasteiger partial charge on any atom is 0.347 e. The van der Waals surface area contributed by atoms with Crippen molar-refractivity contribution in [2.24, 2.45) is 0 Å². The van der Waals surface area contributed by atoms with Gasteiger partial charge in [-0.3, -0.25) is 0 Å². The minimum Gasteiger partial charge on any atom is -0.463 e. The van der Waals surface area contributed by atoms with Crippen LogP contribution in [0.2, 0.25) is 10.0 Å². The molecule has 2 N–H and O–H groups in total. The monoisotopic (exact) mass is 296 g/mol. The number of ether oxygens (including phenoxy) is 2. The summed E-state index contributed by atoms with van der Waals surface area (Å²) in [6.07, 6.45) is -0.991. The zero-order valence-corrected chi connectivity index (χ0v) is 11.2. The number of nitrogens with two attached hydrogens (primary N) is 1. The quantitative estimate of drug-likeness (QED) is 0.682. The fourth-order valence-electron chi connectivity index (χ4n) is 1.06. The largest absolute Gasteiger partial charge is 0.463 e. The van der Waals surface area contributed by atoms with Crippen molar-refractivity contribution in [1.82, 2.24) is 4.98 Å². The van der Waals surface area contributed by atoms with Crippen molar-refractivity contribution in [1.29, 1.82) is 0 Å². The molecule has 1 atom stereocenters. The van der Waals surface area contributed by atoms with Gasteiger partial charge in [-0.2, -0.15) is 9.37 Å². The lowest BCUT2D eigenvalue weighted by atomic mass is 10.4. The Hall–Kier alpha value is -1.27. The van der Waals surface area contributed by atoms with E-state index in [0.29, 0.717) is 0 Å². The van der Waals surface area contributed by atoms with Crippen LogP contribution in [-0.2, 0) is 9.53 Å². The summed E-state index contributed by atoms with van der Waals surface area (Å²) in [5, 5.41) is -0.548. The first kappa shape index (κ1) is 14.8. The molecule has 5 nitrogen and oxygen atoms in total. The first-order chi connectivity index (χ1) is 8.38. The number of esters is 1. The second-order valence-corrected chi connectivity index (χ2v) is 4.02. The molecule has 100 valence electrons. The maximum atomic E-state index is 13.2. The summed E-state index contributed by atoms with van der Waals surface area (Å²) in [5.41, 5.74) is 5.26. The van der Waals surface area contributed by atoms with Crippen LogP contribution >= 0.6 is 23.2 Å². The van der Waals surface area contributed by atoms with E-state index in [1.165, 1.54) is 6.92 Å². The number of anilines is 1. The van der Waals surface area contributed by atoms with Crippen LogP contribution < -0.4 is 10.5 Å². The third kappa shape index (κ3) is 3.14. The highest BCUT2D eigenvalue weighted by atomic mass is 35.5. The Morgan fingerprint density at radius 1 is 1.50 bits per heavy atom. The molecule has 0 spiro atoms. The number of carbonyl (C=O) groups excluding carboxylic acids is 1. The number of carbonyl (C=O) groups is 1. The number of hydrogen-bond donors (Lipinski definition) is 1. The minimum atomic E-state index is -1.02. The van der Waals surface area contributed by atoms with Gasteiger partial charge in [-0.15, -0.1) is 0 Å². The number of hydrogen-bond acceptors (Lipinski definition) is 5. The van der Waals surface area contributed by atoms with E-state index >= 15 is 0 Å². The maximum absolute atomic E-state index is 13.2. The van der Waals surface area contributed by atoms with Crippen molar-refractivity contribution >= 4 is 34.9 Å². The Morgan fingerprint density at radius 3 is 2.67 bits per heavy atom. The highest BCUT2D eigenvalue weighted by Gasteiger charge is 2.22. The van der Waals surface area contributed by atoms with Gasteiger partial charge in [0.05, 0.1) is 12.3 Å². The van der Waals surface area contributed by atoms with Crippen LogP contribution in [0, 0.1) is 5.95 Å². The molecule has 18 heavy (non-hydrogen) atoms. The Kier molecular flexibility index (Phi) is 4.98. The number of halogens is 3. The number of pyridine rings is 1. The van der Waals surface area contributed by atoms with Crippen LogP contribution in [0.15, 0.2) is 0 Å². The molecular weight excluding hydrogens is 286 g/mol. The molecule has 0 aliphatic carbocycles. The van der Waals surface area contributed by atoms with Crippen molar-refractivity contribution in [3.05, 3.63) is 16.0 Å². The zero-order chi connectivity index (χ0) is 13.9. The molecule has 0 unspecified atom stereocenters. The summed E-state index contributed by atoms with van der Waals surface area (Å²) in [5.74, 6) is -1.95. The van der Waals surface area contributed by atoms with Gasteiger partial charge in [-0.25, -0.2) is 4.79 Å². The van der Waals surface area contributed by atoms with E-state index in [2.05, 4.69) is 4.98 Å². The van der Waals surface area contributed by atoms with E-state index in [1.54, 1.807) is 6.92 Å². The first-order valence-electron chi connectivity index (χ1n) is 5.01. The second kappa shape index (κ2) is 6.06. The topological polar surface area (TPSA) is 74.4 Å². The molecule has 0 bridgehead atoms. The number of aromatic nitrogens is 1. The lowest BCUT2D eigenvalue weighted by molar-refractivity contribution is -0.150. The molecule has 0 aliphatic heterocycles. The van der Waals surface area contributed by atoms with Crippen molar-refractivity contribution in [3.8, 4) is 5.88 Å². The third-order valence-corrected chi connectivity index (χ3v) is 2.67. The predicted molar refractivity (Wildman–Crippen MR) is 65.4 cm³/mol. The average Bonchev–Trinajstić information content (AvgIpc) is 2.33. The van der Waals surface area contributed by atoms with Crippen LogP contribution in [0.3, 0.4) is 0 Å². The van der Waals surface area contributed by atoms with Gasteiger partial charge in [0, 0.05) is 0 Å². The molecule has 0 fully saturated rings. The third-order valence-electron chi connectivity index (χ3n) is 1.95. The molecule has 0 saturated carbocycles. The number of nitrogens with zero attached hydrogens (tertiary/aromatic N) is 1. The van der Waals surface area contributed by atoms with Crippen molar-refractivity contribution in [3.63, 3.8) is 0 Å². The van der Waals surface area contributed by atoms with Crippen molar-refractivity contribution < 1.29 is 18.7 Å². The molecule has 0 radical (unpaired) electrons. The molecule has 1 rings (SSSR count). The Balaban J connectivity index is 2.95. The minimum absolute atomic E-state index is 0.155. The molecule has 1 aromatic heterocycles. The normalized spacial score (nSPS) is 12.1. The summed E-state index contributed by atoms with van der Waals surface area (Å²) in [6.45, 7) is 3.26. The van der Waals surface area contributed by atoms with Crippen LogP contribution in [0.1, 0.15) is 13.8 Å². The molecule has 1 heterocycles. The van der Waals surface area contributed by atoms with Gasteiger partial charge in [0.2, 0.25) is 11.8 Å².